The molecule has 0 atom stereocenters. The van der Waals surface area contributed by atoms with Gasteiger partial charge < -0.3 is 10.6 Å². The van der Waals surface area contributed by atoms with Gasteiger partial charge in [-0.3, -0.25) is 0 Å². The minimum Gasteiger partial charge on any atom is -0.373 e. The molecule has 0 fully saturated rings. The Bertz CT molecular complexity index is 384. The van der Waals surface area contributed by atoms with Crippen molar-refractivity contribution in [1.29, 1.82) is 5.26 Å². The van der Waals surface area contributed by atoms with Gasteiger partial charge in [0, 0.05) is 25.9 Å². The normalized spacial score (nSPS) is 9.88. The molecule has 1 aromatic rings. The summed E-state index contributed by atoms with van der Waals surface area (Å²) in [6.07, 6.45) is 2.08. The molecule has 0 aromatic heterocycles. The second-order valence-electron chi connectivity index (χ2n) is 3.58. The fourth-order valence-corrected chi connectivity index (χ4v) is 1.94. The van der Waals surface area contributed by atoms with E-state index in [2.05, 4.69) is 17.2 Å². The molecule has 0 radical (unpaired) electrons. The first kappa shape index (κ1) is 12.9. The molecule has 0 aliphatic heterocycles. The van der Waals surface area contributed by atoms with Crippen LogP contribution in [0.15, 0.2) is 18.2 Å². The third-order valence-electron chi connectivity index (χ3n) is 2.46. The van der Waals surface area contributed by atoms with Crippen molar-refractivity contribution < 1.29 is 0 Å². The molecule has 3 nitrogen and oxygen atoms in total. The maximum absolute atomic E-state index is 9.09. The summed E-state index contributed by atoms with van der Waals surface area (Å²) in [7, 11) is 2.01. The van der Waals surface area contributed by atoms with Crippen molar-refractivity contribution in [1.82, 2.24) is 0 Å². The zero-order chi connectivity index (χ0) is 12.0. The van der Waals surface area contributed by atoms with Gasteiger partial charge in [0.05, 0.1) is 11.3 Å². The summed E-state index contributed by atoms with van der Waals surface area (Å²) in [5, 5.41) is 9.09. The molecule has 0 unspecified atom stereocenters. The Kier molecular flexibility index (Phi) is 5.17. The Hall–Kier alpha value is -1.18. The molecule has 0 heterocycles. The van der Waals surface area contributed by atoms with Gasteiger partial charge in [-0.2, -0.15) is 17.0 Å². The number of nitrogens with zero attached hydrogens (tertiary/aromatic N) is 2. The number of nitriles is 1. The molecule has 0 bridgehead atoms. The lowest BCUT2D eigenvalue weighted by Gasteiger charge is -2.20. The van der Waals surface area contributed by atoms with E-state index in [1.807, 2.05) is 25.2 Å². The van der Waals surface area contributed by atoms with E-state index in [9.17, 15) is 0 Å². The van der Waals surface area contributed by atoms with Crippen LogP contribution in [-0.2, 0) is 6.54 Å². The van der Waals surface area contributed by atoms with Crippen molar-refractivity contribution in [2.24, 2.45) is 5.73 Å². The van der Waals surface area contributed by atoms with E-state index in [4.69, 9.17) is 11.0 Å². The van der Waals surface area contributed by atoms with Gasteiger partial charge in [-0.05, 0) is 24.0 Å². The first-order valence-electron chi connectivity index (χ1n) is 5.16. The molecule has 16 heavy (non-hydrogen) atoms. The number of rotatable bonds is 5. The molecule has 2 N–H and O–H groups in total. The first-order chi connectivity index (χ1) is 7.72. The van der Waals surface area contributed by atoms with Crippen LogP contribution in [0.3, 0.4) is 0 Å². The van der Waals surface area contributed by atoms with Gasteiger partial charge in [0.1, 0.15) is 6.07 Å². The van der Waals surface area contributed by atoms with Crippen molar-refractivity contribution in [3.8, 4) is 6.07 Å². The van der Waals surface area contributed by atoms with Crippen molar-refractivity contribution in [3.05, 3.63) is 29.3 Å². The Morgan fingerprint density at radius 1 is 1.50 bits per heavy atom. The van der Waals surface area contributed by atoms with E-state index in [0.29, 0.717) is 12.1 Å². The first-order valence-corrected chi connectivity index (χ1v) is 6.55. The summed E-state index contributed by atoms with van der Waals surface area (Å²) in [5.74, 6) is 1.06. The fraction of sp³-hybridized carbons (Fsp3) is 0.417. The number of hydrogen-bond acceptors (Lipinski definition) is 4. The van der Waals surface area contributed by atoms with Crippen molar-refractivity contribution >= 4 is 17.4 Å². The van der Waals surface area contributed by atoms with E-state index in [-0.39, 0.29) is 0 Å². The molecule has 0 aliphatic rings. The van der Waals surface area contributed by atoms with Crippen molar-refractivity contribution in [2.45, 2.75) is 6.54 Å². The van der Waals surface area contributed by atoms with Crippen LogP contribution in [0.25, 0.3) is 0 Å². The molecule has 4 heteroatoms. The van der Waals surface area contributed by atoms with Gasteiger partial charge >= 0.3 is 0 Å². The van der Waals surface area contributed by atoms with Crippen LogP contribution < -0.4 is 10.6 Å². The summed E-state index contributed by atoms with van der Waals surface area (Å²) in [6, 6.07) is 8.04. The maximum atomic E-state index is 9.09. The highest BCUT2D eigenvalue weighted by Crippen LogP contribution is 2.20. The highest BCUT2D eigenvalue weighted by Gasteiger charge is 2.07. The van der Waals surface area contributed by atoms with E-state index in [1.165, 1.54) is 0 Å². The average molecular weight is 235 g/mol. The van der Waals surface area contributed by atoms with E-state index in [1.54, 1.807) is 11.8 Å². The van der Waals surface area contributed by atoms with Gasteiger partial charge in [0.25, 0.3) is 0 Å². The Balaban J connectivity index is 2.91. The van der Waals surface area contributed by atoms with Crippen LogP contribution in [0.4, 0.5) is 5.69 Å². The van der Waals surface area contributed by atoms with Crippen LogP contribution in [0.2, 0.25) is 0 Å². The second kappa shape index (κ2) is 6.41. The van der Waals surface area contributed by atoms with E-state index in [0.717, 1.165) is 23.5 Å². The van der Waals surface area contributed by atoms with Crippen LogP contribution in [0.1, 0.15) is 11.1 Å². The zero-order valence-corrected chi connectivity index (χ0v) is 10.5. The smallest absolute Gasteiger partial charge is 0.101 e. The number of nitrogens with two attached hydrogens (primary N) is 1. The monoisotopic (exact) mass is 235 g/mol. The lowest BCUT2D eigenvalue weighted by atomic mass is 10.1. The number of anilines is 1. The van der Waals surface area contributed by atoms with Crippen LogP contribution in [0, 0.1) is 11.3 Å². The second-order valence-corrected chi connectivity index (χ2v) is 4.57. The number of thioether (sulfide) groups is 1. The van der Waals surface area contributed by atoms with Gasteiger partial charge in [-0.15, -0.1) is 0 Å². The predicted molar refractivity (Wildman–Crippen MR) is 70.7 cm³/mol. The summed E-state index contributed by atoms with van der Waals surface area (Å²) >= 11 is 1.80. The number of benzene rings is 1. The van der Waals surface area contributed by atoms with E-state index < -0.39 is 0 Å². The topological polar surface area (TPSA) is 53.0 Å². The SMILES string of the molecule is CSCCN(C)c1ccc(CN)cc1C#N. The highest BCUT2D eigenvalue weighted by molar-refractivity contribution is 7.98. The van der Waals surface area contributed by atoms with E-state index >= 15 is 0 Å². The Labute approximate surface area is 101 Å². The van der Waals surface area contributed by atoms with Gasteiger partial charge in [-0.25, -0.2) is 0 Å². The molecule has 86 valence electrons. The van der Waals surface area contributed by atoms with Gasteiger partial charge in [0.15, 0.2) is 0 Å². The molecule has 0 saturated heterocycles. The average Bonchev–Trinajstić information content (AvgIpc) is 2.34. The molecule has 1 aromatic carbocycles. The standard InChI is InChI=1S/C12H17N3S/c1-15(5-6-16-2)12-4-3-10(8-13)7-11(12)9-14/h3-4,7H,5-6,8,13H2,1-2H3. The lowest BCUT2D eigenvalue weighted by Crippen LogP contribution is -2.21. The van der Waals surface area contributed by atoms with Crippen molar-refractivity contribution in [3.63, 3.8) is 0 Å². The summed E-state index contributed by atoms with van der Waals surface area (Å²) in [4.78, 5) is 2.11. The number of hydrogen-bond donors (Lipinski definition) is 1. The maximum Gasteiger partial charge on any atom is 0.101 e. The lowest BCUT2D eigenvalue weighted by molar-refractivity contribution is 0.971. The largest absolute Gasteiger partial charge is 0.373 e. The minimum atomic E-state index is 0.476. The Morgan fingerprint density at radius 3 is 2.81 bits per heavy atom. The third-order valence-corrected chi connectivity index (χ3v) is 3.05. The summed E-state index contributed by atoms with van der Waals surface area (Å²) in [6.45, 7) is 1.42. The quantitative estimate of drug-likeness (QED) is 0.845. The molecule has 0 amide bonds. The molecule has 0 saturated carbocycles. The minimum absolute atomic E-state index is 0.476. The summed E-state index contributed by atoms with van der Waals surface area (Å²) < 4.78 is 0. The molecule has 0 spiro atoms. The van der Waals surface area contributed by atoms with Crippen LogP contribution in [0.5, 0.6) is 0 Å². The van der Waals surface area contributed by atoms with Gasteiger partial charge in [0.2, 0.25) is 0 Å². The third kappa shape index (κ3) is 3.16. The molecular formula is C12H17N3S. The van der Waals surface area contributed by atoms with Crippen LogP contribution in [-0.4, -0.2) is 25.6 Å². The highest BCUT2D eigenvalue weighted by atomic mass is 32.2. The zero-order valence-electron chi connectivity index (χ0n) is 9.73. The van der Waals surface area contributed by atoms with Gasteiger partial charge in [-0.1, -0.05) is 6.07 Å². The van der Waals surface area contributed by atoms with Crippen LogP contribution >= 0.6 is 11.8 Å². The fourth-order valence-electron chi connectivity index (χ4n) is 1.48. The molecule has 0 aliphatic carbocycles. The molecular weight excluding hydrogens is 218 g/mol. The Morgan fingerprint density at radius 2 is 2.25 bits per heavy atom. The predicted octanol–water partition coefficient (Wildman–Crippen LogP) is 1.82. The van der Waals surface area contributed by atoms with Crippen molar-refractivity contribution in [2.75, 3.05) is 30.5 Å². The molecule has 1 rings (SSSR count). The summed E-state index contributed by atoms with van der Waals surface area (Å²) in [5.41, 5.74) is 8.23.